The number of nitrogens with zero attached hydrogens (tertiary/aromatic N) is 1. The molecule has 3 nitrogen and oxygen atoms in total. The third kappa shape index (κ3) is 4.98. The molecule has 0 aromatic carbocycles. The van der Waals surface area contributed by atoms with Gasteiger partial charge in [-0.3, -0.25) is 9.69 Å². The summed E-state index contributed by atoms with van der Waals surface area (Å²) in [6.07, 6.45) is 2.08. The second-order valence-corrected chi connectivity index (χ2v) is 5.41. The van der Waals surface area contributed by atoms with Crippen molar-refractivity contribution >= 4 is 17.1 Å². The van der Waals surface area contributed by atoms with Gasteiger partial charge in [-0.1, -0.05) is 6.92 Å². The minimum atomic E-state index is 0.238. The molecule has 96 valence electrons. The molecule has 0 aliphatic rings. The van der Waals surface area contributed by atoms with Crippen LogP contribution in [0.25, 0.3) is 0 Å². The Morgan fingerprint density at radius 2 is 2.24 bits per heavy atom. The predicted octanol–water partition coefficient (Wildman–Crippen LogP) is 2.03. The molecule has 4 heteroatoms. The van der Waals surface area contributed by atoms with Crippen molar-refractivity contribution in [3.63, 3.8) is 0 Å². The zero-order valence-corrected chi connectivity index (χ0v) is 11.8. The second kappa shape index (κ2) is 7.58. The topological polar surface area (TPSA) is 32.3 Å². The first kappa shape index (κ1) is 14.4. The molecule has 0 unspecified atom stereocenters. The van der Waals surface area contributed by atoms with Gasteiger partial charge >= 0.3 is 0 Å². The summed E-state index contributed by atoms with van der Waals surface area (Å²) in [5.74, 6) is 0.238. The maximum absolute atomic E-state index is 12.0. The lowest BCUT2D eigenvalue weighted by Crippen LogP contribution is -2.28. The summed E-state index contributed by atoms with van der Waals surface area (Å²) in [5.41, 5.74) is 0. The fourth-order valence-corrected chi connectivity index (χ4v) is 2.52. The van der Waals surface area contributed by atoms with Gasteiger partial charge in [0.05, 0.1) is 11.4 Å². The zero-order valence-electron chi connectivity index (χ0n) is 11.0. The minimum absolute atomic E-state index is 0.238. The molecule has 17 heavy (non-hydrogen) atoms. The summed E-state index contributed by atoms with van der Waals surface area (Å²) < 4.78 is 0. The lowest BCUT2D eigenvalue weighted by molar-refractivity contribution is 0.0950. The van der Waals surface area contributed by atoms with Crippen molar-refractivity contribution < 1.29 is 4.79 Å². The van der Waals surface area contributed by atoms with E-state index in [1.165, 1.54) is 4.88 Å². The number of ketones is 1. The third-order valence-corrected chi connectivity index (χ3v) is 3.94. The zero-order chi connectivity index (χ0) is 12.7. The Morgan fingerprint density at radius 3 is 2.82 bits per heavy atom. The van der Waals surface area contributed by atoms with Crippen molar-refractivity contribution in [3.05, 3.63) is 21.9 Å². The van der Waals surface area contributed by atoms with Gasteiger partial charge in [-0.25, -0.2) is 0 Å². The van der Waals surface area contributed by atoms with E-state index in [1.807, 2.05) is 20.2 Å². The summed E-state index contributed by atoms with van der Waals surface area (Å²) in [6, 6.07) is 4.01. The van der Waals surface area contributed by atoms with Gasteiger partial charge in [-0.2, -0.15) is 0 Å². The van der Waals surface area contributed by atoms with Crippen LogP contribution in [0.4, 0.5) is 0 Å². The highest BCUT2D eigenvalue weighted by atomic mass is 32.1. The second-order valence-electron chi connectivity index (χ2n) is 4.24. The van der Waals surface area contributed by atoms with Crippen LogP contribution in [0.5, 0.6) is 0 Å². The number of aryl methyl sites for hydroxylation is 1. The predicted molar refractivity (Wildman–Crippen MR) is 74.1 cm³/mol. The largest absolute Gasteiger partial charge is 0.320 e. The molecule has 1 aromatic heterocycles. The van der Waals surface area contributed by atoms with Crippen LogP contribution in [0, 0.1) is 0 Å². The number of hydrogen-bond acceptors (Lipinski definition) is 4. The van der Waals surface area contributed by atoms with E-state index in [1.54, 1.807) is 11.3 Å². The van der Waals surface area contributed by atoms with Crippen LogP contribution in [-0.4, -0.2) is 44.4 Å². The lowest BCUT2D eigenvalue weighted by atomic mass is 10.3. The fraction of sp³-hybridized carbons (Fsp3) is 0.615. The first-order valence-electron chi connectivity index (χ1n) is 6.12. The molecule has 0 aliphatic carbocycles. The first-order valence-corrected chi connectivity index (χ1v) is 6.94. The van der Waals surface area contributed by atoms with Crippen molar-refractivity contribution in [2.75, 3.05) is 33.7 Å². The van der Waals surface area contributed by atoms with E-state index >= 15 is 0 Å². The average molecular weight is 254 g/mol. The Bertz CT molecular complexity index is 349. The van der Waals surface area contributed by atoms with Crippen LogP contribution in [0.15, 0.2) is 12.1 Å². The first-order chi connectivity index (χ1) is 8.17. The van der Waals surface area contributed by atoms with Crippen LogP contribution in [0.2, 0.25) is 0 Å². The van der Waals surface area contributed by atoms with Gasteiger partial charge in [0.1, 0.15) is 0 Å². The molecule has 1 rings (SSSR count). The van der Waals surface area contributed by atoms with E-state index in [9.17, 15) is 4.79 Å². The van der Waals surface area contributed by atoms with E-state index in [0.29, 0.717) is 6.54 Å². The third-order valence-electron chi connectivity index (χ3n) is 2.67. The maximum atomic E-state index is 12.0. The SMILES string of the molecule is CCc1ccc(C(=O)CN(C)CCCNC)s1. The van der Waals surface area contributed by atoms with E-state index in [-0.39, 0.29) is 5.78 Å². The Kier molecular flexibility index (Phi) is 6.40. The number of Topliss-reactive ketones (excluding diaryl/α,β-unsaturated/α-hetero) is 1. The van der Waals surface area contributed by atoms with Crippen LogP contribution in [0.3, 0.4) is 0 Å². The van der Waals surface area contributed by atoms with Crippen molar-refractivity contribution in [3.8, 4) is 0 Å². The van der Waals surface area contributed by atoms with Gasteiger partial charge in [0.15, 0.2) is 5.78 Å². The molecule has 0 bridgehead atoms. The summed E-state index contributed by atoms with van der Waals surface area (Å²) >= 11 is 1.62. The number of thiophene rings is 1. The Balaban J connectivity index is 2.37. The Morgan fingerprint density at radius 1 is 1.47 bits per heavy atom. The van der Waals surface area contributed by atoms with Gasteiger partial charge in [-0.05, 0) is 52.2 Å². The molecule has 0 saturated carbocycles. The summed E-state index contributed by atoms with van der Waals surface area (Å²) in [7, 11) is 3.95. The number of carbonyl (C=O) groups is 1. The normalized spacial score (nSPS) is 11.1. The van der Waals surface area contributed by atoms with Crippen molar-refractivity contribution in [2.45, 2.75) is 19.8 Å². The number of carbonyl (C=O) groups excluding carboxylic acids is 1. The molecular formula is C13H22N2OS. The fourth-order valence-electron chi connectivity index (χ4n) is 1.65. The quantitative estimate of drug-likeness (QED) is 0.569. The highest BCUT2D eigenvalue weighted by Gasteiger charge is 2.11. The number of rotatable bonds is 8. The molecule has 0 atom stereocenters. The standard InChI is InChI=1S/C13H22N2OS/c1-4-11-6-7-13(17-11)12(16)10-15(3)9-5-8-14-2/h6-7,14H,4-5,8-10H2,1-3H3. The van der Waals surface area contributed by atoms with Gasteiger partial charge in [0.2, 0.25) is 0 Å². The van der Waals surface area contributed by atoms with Gasteiger partial charge in [0, 0.05) is 4.88 Å². The number of hydrogen-bond donors (Lipinski definition) is 1. The van der Waals surface area contributed by atoms with Crippen molar-refractivity contribution in [1.29, 1.82) is 0 Å². The molecule has 0 radical (unpaired) electrons. The monoisotopic (exact) mass is 254 g/mol. The smallest absolute Gasteiger partial charge is 0.186 e. The lowest BCUT2D eigenvalue weighted by Gasteiger charge is -2.14. The molecule has 1 aromatic rings. The molecule has 1 N–H and O–H groups in total. The Labute approximate surface area is 108 Å². The van der Waals surface area contributed by atoms with Crippen molar-refractivity contribution in [2.24, 2.45) is 0 Å². The van der Waals surface area contributed by atoms with Crippen molar-refractivity contribution in [1.82, 2.24) is 10.2 Å². The molecule has 0 saturated heterocycles. The highest BCUT2D eigenvalue weighted by molar-refractivity contribution is 7.14. The Hall–Kier alpha value is -0.710. The van der Waals surface area contributed by atoms with Gasteiger partial charge < -0.3 is 5.32 Å². The van der Waals surface area contributed by atoms with E-state index in [4.69, 9.17) is 0 Å². The molecule has 0 fully saturated rings. The summed E-state index contributed by atoms with van der Waals surface area (Å²) in [4.78, 5) is 16.2. The maximum Gasteiger partial charge on any atom is 0.186 e. The average Bonchev–Trinajstić information content (AvgIpc) is 2.78. The van der Waals surface area contributed by atoms with Crippen LogP contribution in [-0.2, 0) is 6.42 Å². The van der Waals surface area contributed by atoms with Gasteiger partial charge in [0.25, 0.3) is 0 Å². The van der Waals surface area contributed by atoms with Crippen LogP contribution in [0.1, 0.15) is 27.9 Å². The molecule has 0 amide bonds. The van der Waals surface area contributed by atoms with E-state index < -0.39 is 0 Å². The van der Waals surface area contributed by atoms with E-state index in [0.717, 1.165) is 30.8 Å². The molecule has 0 spiro atoms. The molecular weight excluding hydrogens is 232 g/mol. The van der Waals surface area contributed by atoms with Gasteiger partial charge in [-0.15, -0.1) is 11.3 Å². The molecule has 1 heterocycles. The summed E-state index contributed by atoms with van der Waals surface area (Å²) in [5, 5.41) is 3.11. The number of nitrogens with one attached hydrogen (secondary N) is 1. The highest BCUT2D eigenvalue weighted by Crippen LogP contribution is 2.17. The van der Waals surface area contributed by atoms with Crippen LogP contribution >= 0.6 is 11.3 Å². The number of likely N-dealkylation sites (N-methyl/N-ethyl adjacent to an activating group) is 1. The molecule has 0 aliphatic heterocycles. The minimum Gasteiger partial charge on any atom is -0.320 e. The van der Waals surface area contributed by atoms with E-state index in [2.05, 4.69) is 23.2 Å². The van der Waals surface area contributed by atoms with Crippen LogP contribution < -0.4 is 5.32 Å². The summed E-state index contributed by atoms with van der Waals surface area (Å²) in [6.45, 7) is 4.59.